The van der Waals surface area contributed by atoms with Crippen LogP contribution in [-0.4, -0.2) is 7.05 Å². The molecule has 1 aromatic heterocycles. The fraction of sp³-hybridized carbons (Fsp3) is 0.231. The van der Waals surface area contributed by atoms with Gasteiger partial charge in [-0.25, -0.2) is 8.78 Å². The van der Waals surface area contributed by atoms with Crippen molar-refractivity contribution in [3.05, 3.63) is 59.1 Å². The summed E-state index contributed by atoms with van der Waals surface area (Å²) in [5.74, 6) is -0.526. The zero-order valence-corrected chi connectivity index (χ0v) is 9.63. The van der Waals surface area contributed by atoms with Crippen LogP contribution in [0.4, 0.5) is 8.78 Å². The molecule has 0 spiro atoms. The topological polar surface area (TPSA) is 25.2 Å². The van der Waals surface area contributed by atoms with Crippen molar-refractivity contribution >= 4 is 0 Å². The van der Waals surface area contributed by atoms with Gasteiger partial charge in [-0.2, -0.15) is 0 Å². The highest BCUT2D eigenvalue weighted by Gasteiger charge is 2.19. The van der Waals surface area contributed by atoms with Crippen LogP contribution in [0, 0.1) is 18.6 Å². The number of aryl methyl sites for hydroxylation is 1. The maximum atomic E-state index is 13.7. The Morgan fingerprint density at radius 1 is 1.24 bits per heavy atom. The van der Waals surface area contributed by atoms with Gasteiger partial charge in [0.15, 0.2) is 0 Å². The molecule has 17 heavy (non-hydrogen) atoms. The molecule has 0 saturated carbocycles. The fourth-order valence-corrected chi connectivity index (χ4v) is 1.81. The van der Waals surface area contributed by atoms with Gasteiger partial charge in [-0.05, 0) is 37.7 Å². The van der Waals surface area contributed by atoms with Gasteiger partial charge < -0.3 is 9.73 Å². The van der Waals surface area contributed by atoms with Gasteiger partial charge in [-0.15, -0.1) is 0 Å². The van der Waals surface area contributed by atoms with E-state index in [2.05, 4.69) is 5.32 Å². The summed E-state index contributed by atoms with van der Waals surface area (Å²) in [5, 5.41) is 2.95. The normalized spacial score (nSPS) is 12.7. The molecule has 2 rings (SSSR count). The van der Waals surface area contributed by atoms with E-state index in [1.54, 1.807) is 26.1 Å². The van der Waals surface area contributed by atoms with Crippen LogP contribution in [0.25, 0.3) is 0 Å². The monoisotopic (exact) mass is 237 g/mol. The number of rotatable bonds is 3. The van der Waals surface area contributed by atoms with Gasteiger partial charge in [-0.3, -0.25) is 0 Å². The van der Waals surface area contributed by atoms with Gasteiger partial charge in [0.25, 0.3) is 0 Å². The van der Waals surface area contributed by atoms with Crippen LogP contribution in [-0.2, 0) is 0 Å². The van der Waals surface area contributed by atoms with Crippen molar-refractivity contribution in [1.82, 2.24) is 5.32 Å². The third kappa shape index (κ3) is 2.22. The second kappa shape index (κ2) is 4.67. The molecule has 4 heteroatoms. The van der Waals surface area contributed by atoms with Crippen LogP contribution in [0.15, 0.2) is 34.9 Å². The lowest BCUT2D eigenvalue weighted by Crippen LogP contribution is -2.18. The molecule has 0 bridgehead atoms. The van der Waals surface area contributed by atoms with Crippen molar-refractivity contribution in [1.29, 1.82) is 0 Å². The molecule has 2 aromatic rings. The highest BCUT2D eigenvalue weighted by Crippen LogP contribution is 2.26. The predicted molar refractivity (Wildman–Crippen MR) is 60.7 cm³/mol. The highest BCUT2D eigenvalue weighted by molar-refractivity contribution is 5.32. The van der Waals surface area contributed by atoms with Crippen molar-refractivity contribution in [2.75, 3.05) is 7.05 Å². The Labute approximate surface area is 98.3 Å². The fourth-order valence-electron chi connectivity index (χ4n) is 1.81. The molecule has 2 nitrogen and oxygen atoms in total. The molecule has 0 saturated heterocycles. The van der Waals surface area contributed by atoms with Crippen molar-refractivity contribution in [2.24, 2.45) is 0 Å². The molecule has 0 amide bonds. The van der Waals surface area contributed by atoms with Crippen LogP contribution < -0.4 is 5.32 Å². The minimum atomic E-state index is -0.580. The summed E-state index contributed by atoms with van der Waals surface area (Å²) in [6, 6.07) is 5.46. The van der Waals surface area contributed by atoms with E-state index in [0.29, 0.717) is 16.9 Å². The molecular formula is C13H13F2NO. The Balaban J connectivity index is 2.48. The first-order valence-corrected chi connectivity index (χ1v) is 5.29. The van der Waals surface area contributed by atoms with E-state index in [9.17, 15) is 8.78 Å². The average Bonchev–Trinajstić information content (AvgIpc) is 2.80. The van der Waals surface area contributed by atoms with Gasteiger partial charge in [0.2, 0.25) is 0 Å². The van der Waals surface area contributed by atoms with Gasteiger partial charge in [0, 0.05) is 11.6 Å². The molecule has 0 aliphatic heterocycles. The standard InChI is InChI=1S/C13H13F2NO/c1-8-6-9(11(15)7-10(8)14)13(16-2)12-4-3-5-17-12/h3-7,13,16H,1-2H3. The Hall–Kier alpha value is -1.68. The number of halogens is 2. The van der Waals surface area contributed by atoms with Crippen molar-refractivity contribution in [3.63, 3.8) is 0 Å². The highest BCUT2D eigenvalue weighted by atomic mass is 19.1. The lowest BCUT2D eigenvalue weighted by molar-refractivity contribution is 0.450. The number of hydrogen-bond donors (Lipinski definition) is 1. The number of hydrogen-bond acceptors (Lipinski definition) is 2. The molecule has 0 radical (unpaired) electrons. The third-order valence-corrected chi connectivity index (χ3v) is 2.71. The molecule has 0 aliphatic carbocycles. The summed E-state index contributed by atoms with van der Waals surface area (Å²) in [6.45, 7) is 1.60. The second-order valence-corrected chi connectivity index (χ2v) is 3.86. The Bertz CT molecular complexity index is 508. The minimum absolute atomic E-state index is 0.376. The number of furan rings is 1. The molecule has 1 heterocycles. The van der Waals surface area contributed by atoms with Gasteiger partial charge in [0.1, 0.15) is 17.4 Å². The van der Waals surface area contributed by atoms with E-state index >= 15 is 0 Å². The smallest absolute Gasteiger partial charge is 0.131 e. The van der Waals surface area contributed by atoms with E-state index < -0.39 is 17.7 Å². The molecule has 1 N–H and O–H groups in total. The summed E-state index contributed by atoms with van der Waals surface area (Å²) >= 11 is 0. The lowest BCUT2D eigenvalue weighted by Gasteiger charge is -2.15. The van der Waals surface area contributed by atoms with Gasteiger partial charge in [0.05, 0.1) is 12.3 Å². The van der Waals surface area contributed by atoms with E-state index in [0.717, 1.165) is 6.07 Å². The number of nitrogens with one attached hydrogen (secondary N) is 1. The SMILES string of the molecule is CNC(c1ccco1)c1cc(C)c(F)cc1F. The summed E-state index contributed by atoms with van der Waals surface area (Å²) < 4.78 is 32.2. The van der Waals surface area contributed by atoms with E-state index in [1.807, 2.05) is 0 Å². The minimum Gasteiger partial charge on any atom is -0.467 e. The molecule has 90 valence electrons. The van der Waals surface area contributed by atoms with Crippen LogP contribution in [0.5, 0.6) is 0 Å². The maximum absolute atomic E-state index is 13.7. The summed E-state index contributed by atoms with van der Waals surface area (Å²) in [4.78, 5) is 0. The zero-order valence-electron chi connectivity index (χ0n) is 9.63. The summed E-state index contributed by atoms with van der Waals surface area (Å²) in [6.07, 6.45) is 1.52. The number of benzene rings is 1. The predicted octanol–water partition coefficient (Wildman–Crippen LogP) is 3.18. The Morgan fingerprint density at radius 3 is 2.59 bits per heavy atom. The van der Waals surface area contributed by atoms with E-state index in [4.69, 9.17) is 4.42 Å². The van der Waals surface area contributed by atoms with E-state index in [-0.39, 0.29) is 0 Å². The van der Waals surface area contributed by atoms with Gasteiger partial charge in [-0.1, -0.05) is 0 Å². The Kier molecular flexibility index (Phi) is 3.24. The molecule has 0 fully saturated rings. The zero-order chi connectivity index (χ0) is 12.4. The molecule has 1 unspecified atom stereocenters. The largest absolute Gasteiger partial charge is 0.467 e. The quantitative estimate of drug-likeness (QED) is 0.887. The van der Waals surface area contributed by atoms with Crippen LogP contribution in [0.2, 0.25) is 0 Å². The summed E-state index contributed by atoms with van der Waals surface area (Å²) in [5.41, 5.74) is 0.787. The molecule has 1 atom stereocenters. The second-order valence-electron chi connectivity index (χ2n) is 3.86. The first-order valence-electron chi connectivity index (χ1n) is 5.29. The molecular weight excluding hydrogens is 224 g/mol. The molecule has 0 aliphatic rings. The van der Waals surface area contributed by atoms with Crippen molar-refractivity contribution < 1.29 is 13.2 Å². The van der Waals surface area contributed by atoms with Crippen LogP contribution in [0.3, 0.4) is 0 Å². The summed E-state index contributed by atoms with van der Waals surface area (Å²) in [7, 11) is 1.70. The average molecular weight is 237 g/mol. The van der Waals surface area contributed by atoms with Crippen molar-refractivity contribution in [3.8, 4) is 0 Å². The lowest BCUT2D eigenvalue weighted by atomic mass is 10.0. The van der Waals surface area contributed by atoms with Gasteiger partial charge >= 0.3 is 0 Å². The first kappa shape index (κ1) is 11.8. The van der Waals surface area contributed by atoms with Crippen LogP contribution >= 0.6 is 0 Å². The Morgan fingerprint density at radius 2 is 2.00 bits per heavy atom. The van der Waals surface area contributed by atoms with Crippen molar-refractivity contribution in [2.45, 2.75) is 13.0 Å². The van der Waals surface area contributed by atoms with E-state index in [1.165, 1.54) is 12.3 Å². The third-order valence-electron chi connectivity index (χ3n) is 2.71. The first-order chi connectivity index (χ1) is 8.13. The van der Waals surface area contributed by atoms with Crippen LogP contribution in [0.1, 0.15) is 22.9 Å². The molecule has 1 aromatic carbocycles. The maximum Gasteiger partial charge on any atom is 0.131 e.